The molecule has 1 fully saturated rings. The fraction of sp³-hybridized carbons (Fsp3) is 0.714. The maximum absolute atomic E-state index is 12.4. The van der Waals surface area contributed by atoms with Gasteiger partial charge in [0.2, 0.25) is 5.90 Å². The minimum Gasteiger partial charge on any atom is -0.483 e. The second-order valence-electron chi connectivity index (χ2n) is 11.1. The summed E-state index contributed by atoms with van der Waals surface area (Å²) in [5, 5.41) is 3.27. The third-order valence-electron chi connectivity index (χ3n) is 7.92. The molecular weight excluding hydrogens is 532 g/mol. The van der Waals surface area contributed by atoms with Crippen LogP contribution < -0.4 is 5.32 Å². The van der Waals surface area contributed by atoms with Crippen LogP contribution in [0, 0.1) is 28.2 Å². The average molecular weight is 589 g/mol. The van der Waals surface area contributed by atoms with Gasteiger partial charge in [-0.15, -0.1) is 28.2 Å². The van der Waals surface area contributed by atoms with E-state index in [-0.39, 0.29) is 58.5 Å². The van der Waals surface area contributed by atoms with E-state index in [0.29, 0.717) is 69.3 Å². The van der Waals surface area contributed by atoms with Gasteiger partial charge >= 0.3 is 17.9 Å². The van der Waals surface area contributed by atoms with Gasteiger partial charge in [0.25, 0.3) is 0 Å². The van der Waals surface area contributed by atoms with Crippen molar-refractivity contribution in [3.8, 4) is 0 Å². The topological polar surface area (TPSA) is 113 Å². The summed E-state index contributed by atoms with van der Waals surface area (Å²) in [6.45, 7) is 4.51. The van der Waals surface area contributed by atoms with Crippen molar-refractivity contribution in [1.29, 1.82) is 0 Å². The molecule has 1 aliphatic rings. The zero-order chi connectivity index (χ0) is 30.6. The summed E-state index contributed by atoms with van der Waals surface area (Å²) in [4.78, 5) is 41.5. The number of quaternary nitrogens is 4. The molecule has 1 N–H and O–H groups in total. The van der Waals surface area contributed by atoms with Gasteiger partial charge in [0.15, 0.2) is 19.6 Å². The predicted octanol–water partition coefficient (Wildman–Crippen LogP) is -0.149. The molecule has 1 aliphatic heterocycles. The molecule has 0 amide bonds. The molecule has 0 aliphatic carbocycles. The van der Waals surface area contributed by atoms with E-state index in [0.717, 1.165) is 0 Å². The van der Waals surface area contributed by atoms with Gasteiger partial charge in [-0.1, -0.05) is 7.43 Å². The predicted molar refractivity (Wildman–Crippen MR) is 157 cm³/mol. The lowest BCUT2D eigenvalue weighted by molar-refractivity contribution is -0.989. The monoisotopic (exact) mass is 588 g/mol. The maximum atomic E-state index is 12.4. The lowest BCUT2D eigenvalue weighted by Gasteiger charge is -2.54. The van der Waals surface area contributed by atoms with Crippen molar-refractivity contribution in [3.05, 3.63) is 28.2 Å². The van der Waals surface area contributed by atoms with Crippen LogP contribution in [0.5, 0.6) is 0 Å². The standard InChI is InChI=1S/C27H52N6O7.CH4/c1-28-23(27(29-2)40-10)19-30(3)11-13-31(4,20-24(34)37-7)15-17-33(6,22-26(36)39-9)18-16-32(5,14-12-30)21-25(35)38-8;/h23,28H,3-6,11-22H2,1-2,7-10H3;1H4. The van der Waals surface area contributed by atoms with Gasteiger partial charge in [-0.05, 0) is 7.05 Å². The molecule has 13 nitrogen and oxygen atoms in total. The van der Waals surface area contributed by atoms with E-state index in [1.807, 2.05) is 7.05 Å². The van der Waals surface area contributed by atoms with E-state index < -0.39 is 5.97 Å². The molecule has 240 valence electrons. The Kier molecular flexibility index (Phi) is 16.0. The summed E-state index contributed by atoms with van der Waals surface area (Å²) in [6.07, 6.45) is 0. The first-order valence-electron chi connectivity index (χ1n) is 13.3. The Morgan fingerprint density at radius 3 is 1.17 bits per heavy atom. The van der Waals surface area contributed by atoms with Crippen LogP contribution in [-0.2, 0) is 33.3 Å². The average Bonchev–Trinajstić information content (AvgIpc) is 2.93. The number of carbonyl (C=O) groups is 3. The summed E-state index contributed by atoms with van der Waals surface area (Å²) in [5.41, 5.74) is 0. The summed E-state index contributed by atoms with van der Waals surface area (Å²) in [7, 11) is 27.0. The number of nitrogens with zero attached hydrogens (tertiary/aromatic N) is 5. The minimum absolute atomic E-state index is 0. The second-order valence-corrected chi connectivity index (χ2v) is 11.1. The largest absolute Gasteiger partial charge is 0.483 e. The molecular formula is C28H56N6O7. The molecule has 0 bridgehead atoms. The number of likely N-dealkylation sites (N-methyl/N-ethyl adjacent to an activating group) is 1. The Morgan fingerprint density at radius 2 is 0.951 bits per heavy atom. The van der Waals surface area contributed by atoms with Crippen molar-refractivity contribution in [2.45, 2.75) is 13.5 Å². The van der Waals surface area contributed by atoms with Gasteiger partial charge < -0.3 is 42.2 Å². The van der Waals surface area contributed by atoms with Crippen LogP contribution in [0.2, 0.25) is 0 Å². The van der Waals surface area contributed by atoms with Crippen LogP contribution in [0.25, 0.3) is 0 Å². The van der Waals surface area contributed by atoms with Crippen LogP contribution in [0.1, 0.15) is 7.43 Å². The molecule has 3 unspecified atom stereocenters. The number of aliphatic imine (C=N–C) groups is 1. The van der Waals surface area contributed by atoms with Crippen molar-refractivity contribution in [2.24, 2.45) is 4.99 Å². The SMILES string of the molecule is C.[CH2-][N+]1(CC(=O)OC)CC[N+]([CH2-])(CC(=O)OC)CC[N+]([CH2-])(CC(NC)C(=NC)OC)CC[N+]([CH2-])(CC(=O)OC)CC1. The van der Waals surface area contributed by atoms with Gasteiger partial charge in [0.05, 0.1) is 35.0 Å². The molecule has 1 heterocycles. The van der Waals surface area contributed by atoms with E-state index in [9.17, 15) is 14.4 Å². The van der Waals surface area contributed by atoms with Crippen LogP contribution in [0.15, 0.2) is 4.99 Å². The first kappa shape index (κ1) is 38.7. The quantitative estimate of drug-likeness (QED) is 0.0937. The molecule has 41 heavy (non-hydrogen) atoms. The minimum atomic E-state index is -0.398. The Bertz CT molecular complexity index is 846. The number of carbonyl (C=O) groups excluding carboxylic acids is 3. The smallest absolute Gasteiger partial charge is 0.359 e. The normalized spacial score (nSPS) is 30.4. The molecule has 0 spiro atoms. The lowest BCUT2D eigenvalue weighted by atomic mass is 10.2. The van der Waals surface area contributed by atoms with Gasteiger partial charge in [0, 0.05) is 7.05 Å². The van der Waals surface area contributed by atoms with Crippen molar-refractivity contribution >= 4 is 23.8 Å². The highest BCUT2D eigenvalue weighted by atomic mass is 16.5. The molecule has 3 atom stereocenters. The Labute approximate surface area is 248 Å². The molecule has 0 saturated carbocycles. The number of rotatable bonds is 10. The van der Waals surface area contributed by atoms with Gasteiger partial charge in [-0.2, -0.15) is 0 Å². The fourth-order valence-electron chi connectivity index (χ4n) is 4.89. The molecule has 1 saturated heterocycles. The van der Waals surface area contributed by atoms with E-state index in [1.54, 1.807) is 14.2 Å². The highest BCUT2D eigenvalue weighted by Crippen LogP contribution is 2.19. The Balaban J connectivity index is 0.0000160. The van der Waals surface area contributed by atoms with Crippen LogP contribution >= 0.6 is 0 Å². The number of methoxy groups -OCH3 is 4. The van der Waals surface area contributed by atoms with Crippen LogP contribution in [0.3, 0.4) is 0 Å². The lowest BCUT2D eigenvalue weighted by Crippen LogP contribution is -2.65. The highest BCUT2D eigenvalue weighted by molar-refractivity contribution is 5.81. The third-order valence-corrected chi connectivity index (χ3v) is 7.92. The summed E-state index contributed by atoms with van der Waals surface area (Å²) in [5.74, 6) is -0.602. The summed E-state index contributed by atoms with van der Waals surface area (Å²) >= 11 is 0. The van der Waals surface area contributed by atoms with Gasteiger partial charge in [-0.25, -0.2) is 14.4 Å². The molecule has 0 aromatic heterocycles. The first-order chi connectivity index (χ1) is 18.6. The van der Waals surface area contributed by atoms with Crippen molar-refractivity contribution in [3.63, 3.8) is 0 Å². The van der Waals surface area contributed by atoms with Crippen molar-refractivity contribution in [2.75, 3.05) is 121 Å². The number of ether oxygens (including phenoxy) is 4. The van der Waals surface area contributed by atoms with E-state index >= 15 is 0 Å². The molecule has 13 heteroatoms. The Hall–Kier alpha value is -2.32. The van der Waals surface area contributed by atoms with Crippen LogP contribution in [0.4, 0.5) is 0 Å². The van der Waals surface area contributed by atoms with E-state index in [1.165, 1.54) is 21.3 Å². The third kappa shape index (κ3) is 12.6. The molecule has 1 rings (SSSR count). The number of hydrogen-bond donors (Lipinski definition) is 1. The van der Waals surface area contributed by atoms with Crippen LogP contribution in [-0.4, -0.2) is 169 Å². The van der Waals surface area contributed by atoms with Gasteiger partial charge in [0.1, 0.15) is 58.4 Å². The zero-order valence-corrected chi connectivity index (χ0v) is 25.5. The highest BCUT2D eigenvalue weighted by Gasteiger charge is 2.35. The number of hydrogen-bond acceptors (Lipinski definition) is 9. The maximum Gasteiger partial charge on any atom is 0.359 e. The second kappa shape index (κ2) is 17.0. The first-order valence-corrected chi connectivity index (χ1v) is 13.3. The molecule has 0 radical (unpaired) electrons. The van der Waals surface area contributed by atoms with E-state index in [4.69, 9.17) is 18.9 Å². The Morgan fingerprint density at radius 1 is 0.659 bits per heavy atom. The fourth-order valence-corrected chi connectivity index (χ4v) is 4.89. The molecule has 0 aromatic rings. The number of nitrogens with one attached hydrogen (secondary N) is 1. The van der Waals surface area contributed by atoms with Crippen molar-refractivity contribution in [1.82, 2.24) is 5.32 Å². The molecule has 0 aromatic carbocycles. The zero-order valence-electron chi connectivity index (χ0n) is 25.5. The summed E-state index contributed by atoms with van der Waals surface area (Å²) < 4.78 is 21.1. The van der Waals surface area contributed by atoms with Gasteiger partial charge in [-0.3, -0.25) is 4.99 Å². The summed E-state index contributed by atoms with van der Waals surface area (Å²) in [6, 6.07) is -0.218. The van der Waals surface area contributed by atoms with Crippen molar-refractivity contribution < 1.29 is 51.3 Å². The van der Waals surface area contributed by atoms with E-state index in [2.05, 4.69) is 38.5 Å². The number of esters is 3.